The van der Waals surface area contributed by atoms with Crippen LogP contribution in [0.3, 0.4) is 0 Å². The highest BCUT2D eigenvalue weighted by Crippen LogP contribution is 2.31. The highest BCUT2D eigenvalue weighted by Gasteiger charge is 2.17. The minimum absolute atomic E-state index is 0.0259. The third-order valence-electron chi connectivity index (χ3n) is 4.11. The molecule has 3 aromatic rings. The predicted octanol–water partition coefficient (Wildman–Crippen LogP) is 5.23. The minimum Gasteiger partial charge on any atom is -0.342 e. The Morgan fingerprint density at radius 2 is 2.08 bits per heavy atom. The number of halogens is 2. The maximum Gasteiger partial charge on any atom is 0.164 e. The summed E-state index contributed by atoms with van der Waals surface area (Å²) in [4.78, 5) is 19.8. The van der Waals surface area contributed by atoms with Crippen LogP contribution in [0.5, 0.6) is 0 Å². The predicted molar refractivity (Wildman–Crippen MR) is 99.4 cm³/mol. The molecule has 0 aliphatic rings. The molecule has 1 heterocycles. The van der Waals surface area contributed by atoms with E-state index in [1.54, 1.807) is 31.2 Å². The number of aryl methyl sites for hydroxylation is 1. The van der Waals surface area contributed by atoms with Crippen molar-refractivity contribution in [2.75, 3.05) is 0 Å². The second-order valence-corrected chi connectivity index (χ2v) is 6.61. The van der Waals surface area contributed by atoms with Crippen molar-refractivity contribution in [3.8, 4) is 6.07 Å². The molecular formula is C19H15Cl2N3O. The number of ketones is 1. The molecule has 0 amide bonds. The van der Waals surface area contributed by atoms with Gasteiger partial charge >= 0.3 is 0 Å². The Morgan fingerprint density at radius 3 is 2.76 bits per heavy atom. The van der Waals surface area contributed by atoms with Crippen LogP contribution < -0.4 is 0 Å². The van der Waals surface area contributed by atoms with Crippen molar-refractivity contribution in [3.05, 3.63) is 62.4 Å². The smallest absolute Gasteiger partial charge is 0.164 e. The van der Waals surface area contributed by atoms with Crippen molar-refractivity contribution >= 4 is 40.0 Å². The van der Waals surface area contributed by atoms with Crippen LogP contribution in [-0.2, 0) is 6.42 Å². The molecule has 2 aromatic carbocycles. The summed E-state index contributed by atoms with van der Waals surface area (Å²) in [6.07, 6.45) is 0.750. The molecule has 4 nitrogen and oxygen atoms in total. The lowest BCUT2D eigenvalue weighted by molar-refractivity contribution is 0.0988. The maximum atomic E-state index is 12.0. The molecule has 25 heavy (non-hydrogen) atoms. The van der Waals surface area contributed by atoms with Gasteiger partial charge in [-0.15, -0.1) is 0 Å². The van der Waals surface area contributed by atoms with Crippen molar-refractivity contribution in [2.45, 2.75) is 26.7 Å². The molecule has 0 unspecified atom stereocenters. The van der Waals surface area contributed by atoms with Crippen LogP contribution in [0.25, 0.3) is 11.0 Å². The molecular weight excluding hydrogens is 357 g/mol. The van der Waals surface area contributed by atoms with E-state index < -0.39 is 0 Å². The molecule has 3 rings (SSSR count). The SMILES string of the molecule is CCC(=O)c1ccc(Cl)c(Cc2nc3c(C)cc(C#N)cc3[nH]2)c1Cl. The number of imidazole rings is 1. The number of hydrogen-bond acceptors (Lipinski definition) is 3. The van der Waals surface area contributed by atoms with Gasteiger partial charge in [0, 0.05) is 23.4 Å². The Labute approximate surface area is 155 Å². The summed E-state index contributed by atoms with van der Waals surface area (Å²) in [7, 11) is 0. The topological polar surface area (TPSA) is 69.5 Å². The van der Waals surface area contributed by atoms with E-state index in [9.17, 15) is 4.79 Å². The van der Waals surface area contributed by atoms with Gasteiger partial charge in [0.25, 0.3) is 0 Å². The molecule has 0 saturated carbocycles. The van der Waals surface area contributed by atoms with Crippen molar-refractivity contribution in [3.63, 3.8) is 0 Å². The average Bonchev–Trinajstić information content (AvgIpc) is 3.01. The van der Waals surface area contributed by atoms with E-state index in [4.69, 9.17) is 28.5 Å². The third kappa shape index (κ3) is 3.26. The first-order valence-corrected chi connectivity index (χ1v) is 8.59. The number of nitriles is 1. The van der Waals surface area contributed by atoms with Crippen LogP contribution in [0, 0.1) is 18.3 Å². The summed E-state index contributed by atoms with van der Waals surface area (Å²) in [6, 6.07) is 9.04. The van der Waals surface area contributed by atoms with Crippen LogP contribution in [0.4, 0.5) is 0 Å². The molecule has 6 heteroatoms. The van der Waals surface area contributed by atoms with Gasteiger partial charge in [-0.3, -0.25) is 4.79 Å². The quantitative estimate of drug-likeness (QED) is 0.638. The van der Waals surface area contributed by atoms with Gasteiger partial charge in [-0.25, -0.2) is 4.98 Å². The van der Waals surface area contributed by atoms with Crippen molar-refractivity contribution < 1.29 is 4.79 Å². The standard InChI is InChI=1S/C19H15Cl2N3O/c1-3-16(25)12-4-5-14(20)13(18(12)21)8-17-23-15-7-11(9-22)6-10(2)19(15)24-17/h4-7H,3,8H2,1-2H3,(H,23,24). The van der Waals surface area contributed by atoms with E-state index in [1.807, 2.05) is 6.92 Å². The monoisotopic (exact) mass is 371 g/mol. The van der Waals surface area contributed by atoms with E-state index >= 15 is 0 Å². The van der Waals surface area contributed by atoms with Gasteiger partial charge in [0.05, 0.1) is 27.7 Å². The van der Waals surface area contributed by atoms with E-state index in [0.717, 1.165) is 16.6 Å². The lowest BCUT2D eigenvalue weighted by Gasteiger charge is -2.09. The number of benzene rings is 2. The molecule has 0 radical (unpaired) electrons. The zero-order chi connectivity index (χ0) is 18.1. The summed E-state index contributed by atoms with van der Waals surface area (Å²) in [6.45, 7) is 3.70. The highest BCUT2D eigenvalue weighted by molar-refractivity contribution is 6.38. The minimum atomic E-state index is -0.0259. The Bertz CT molecular complexity index is 1030. The second-order valence-electron chi connectivity index (χ2n) is 5.83. The fourth-order valence-electron chi connectivity index (χ4n) is 2.82. The largest absolute Gasteiger partial charge is 0.342 e. The summed E-state index contributed by atoms with van der Waals surface area (Å²) < 4.78 is 0. The zero-order valence-corrected chi connectivity index (χ0v) is 15.3. The Kier molecular flexibility index (Phi) is 4.80. The van der Waals surface area contributed by atoms with Crippen LogP contribution in [-0.4, -0.2) is 15.8 Å². The molecule has 0 bridgehead atoms. The van der Waals surface area contributed by atoms with E-state index in [0.29, 0.717) is 45.4 Å². The van der Waals surface area contributed by atoms with Crippen LogP contribution in [0.2, 0.25) is 10.0 Å². The molecule has 0 aliphatic carbocycles. The van der Waals surface area contributed by atoms with Crippen LogP contribution >= 0.6 is 23.2 Å². The molecule has 1 aromatic heterocycles. The fourth-order valence-corrected chi connectivity index (χ4v) is 3.43. The first kappa shape index (κ1) is 17.5. The molecule has 1 N–H and O–H groups in total. The first-order chi connectivity index (χ1) is 11.9. The lowest BCUT2D eigenvalue weighted by Crippen LogP contribution is -2.02. The summed E-state index contributed by atoms with van der Waals surface area (Å²) in [5.74, 6) is 0.653. The zero-order valence-electron chi connectivity index (χ0n) is 13.8. The summed E-state index contributed by atoms with van der Waals surface area (Å²) >= 11 is 12.7. The number of Topliss-reactive ketones (excluding diaryl/α,β-unsaturated/α-hetero) is 1. The van der Waals surface area contributed by atoms with Gasteiger partial charge in [0.15, 0.2) is 5.78 Å². The van der Waals surface area contributed by atoms with Gasteiger partial charge in [-0.2, -0.15) is 5.26 Å². The Hall–Kier alpha value is -2.35. The van der Waals surface area contributed by atoms with Gasteiger partial charge in [-0.05, 0) is 42.3 Å². The first-order valence-electron chi connectivity index (χ1n) is 7.84. The summed E-state index contributed by atoms with van der Waals surface area (Å²) in [5.41, 5.74) is 4.24. The lowest BCUT2D eigenvalue weighted by atomic mass is 10.0. The van der Waals surface area contributed by atoms with Crippen LogP contribution in [0.15, 0.2) is 24.3 Å². The number of aromatic amines is 1. The average molecular weight is 372 g/mol. The molecule has 0 fully saturated rings. The molecule has 0 aliphatic heterocycles. The van der Waals surface area contributed by atoms with Gasteiger partial charge < -0.3 is 4.98 Å². The molecule has 0 saturated heterocycles. The number of carbonyl (C=O) groups excluding carboxylic acids is 1. The van der Waals surface area contributed by atoms with E-state index in [2.05, 4.69) is 16.0 Å². The molecule has 126 valence electrons. The number of H-pyrrole nitrogens is 1. The number of hydrogen-bond donors (Lipinski definition) is 1. The number of aromatic nitrogens is 2. The van der Waals surface area contributed by atoms with Gasteiger partial charge in [0.1, 0.15) is 5.82 Å². The fraction of sp³-hybridized carbons (Fsp3) is 0.211. The number of nitrogens with zero attached hydrogens (tertiary/aromatic N) is 2. The number of rotatable bonds is 4. The van der Waals surface area contributed by atoms with E-state index in [1.165, 1.54) is 0 Å². The second kappa shape index (κ2) is 6.87. The Balaban J connectivity index is 2.06. The Morgan fingerprint density at radius 1 is 1.32 bits per heavy atom. The summed E-state index contributed by atoms with van der Waals surface area (Å²) in [5, 5.41) is 9.95. The van der Waals surface area contributed by atoms with E-state index in [-0.39, 0.29) is 5.78 Å². The van der Waals surface area contributed by atoms with Crippen LogP contribution in [0.1, 0.15) is 46.2 Å². The number of carbonyl (C=O) groups is 1. The van der Waals surface area contributed by atoms with Gasteiger partial charge in [-0.1, -0.05) is 30.1 Å². The highest BCUT2D eigenvalue weighted by atomic mass is 35.5. The van der Waals surface area contributed by atoms with Crippen molar-refractivity contribution in [2.24, 2.45) is 0 Å². The number of fused-ring (bicyclic) bond motifs is 1. The molecule has 0 spiro atoms. The van der Waals surface area contributed by atoms with Crippen molar-refractivity contribution in [1.29, 1.82) is 5.26 Å². The number of nitrogens with one attached hydrogen (secondary N) is 1. The van der Waals surface area contributed by atoms with Gasteiger partial charge in [0.2, 0.25) is 0 Å². The molecule has 0 atom stereocenters. The third-order valence-corrected chi connectivity index (χ3v) is 4.89. The van der Waals surface area contributed by atoms with Crippen molar-refractivity contribution in [1.82, 2.24) is 9.97 Å². The normalized spacial score (nSPS) is 10.8. The maximum absolute atomic E-state index is 12.0.